The Balaban J connectivity index is 1.47. The van der Waals surface area contributed by atoms with Gasteiger partial charge in [0.2, 0.25) is 0 Å². The van der Waals surface area contributed by atoms with Crippen LogP contribution in [0.1, 0.15) is 24.0 Å². The molecule has 0 amide bonds. The third kappa shape index (κ3) is 2.84. The predicted molar refractivity (Wildman–Crippen MR) is 109 cm³/mol. The number of anilines is 2. The second-order valence-electron chi connectivity index (χ2n) is 7.74. The van der Waals surface area contributed by atoms with E-state index in [0.29, 0.717) is 5.92 Å². The van der Waals surface area contributed by atoms with E-state index in [1.165, 1.54) is 22.5 Å². The van der Waals surface area contributed by atoms with Crippen LogP contribution in [0.4, 0.5) is 11.4 Å². The summed E-state index contributed by atoms with van der Waals surface area (Å²) in [5, 5.41) is 8.96. The van der Waals surface area contributed by atoms with Crippen LogP contribution in [-0.4, -0.2) is 47.5 Å². The van der Waals surface area contributed by atoms with Crippen LogP contribution >= 0.6 is 0 Å². The molecule has 2 aliphatic heterocycles. The van der Waals surface area contributed by atoms with Crippen LogP contribution in [0.3, 0.4) is 0 Å². The molecule has 1 atom stereocenters. The molecule has 27 heavy (non-hydrogen) atoms. The molecule has 1 fully saturated rings. The van der Waals surface area contributed by atoms with Gasteiger partial charge in [-0.15, -0.1) is 0 Å². The third-order valence-corrected chi connectivity index (χ3v) is 5.95. The smallest absolute Gasteiger partial charge is 0.159 e. The zero-order valence-corrected chi connectivity index (χ0v) is 16.0. The normalized spacial score (nSPS) is 20.1. The minimum Gasteiger partial charge on any atom is -0.369 e. The van der Waals surface area contributed by atoms with E-state index < -0.39 is 0 Å². The van der Waals surface area contributed by atoms with Crippen LogP contribution in [-0.2, 0) is 13.6 Å². The van der Waals surface area contributed by atoms with Crippen LogP contribution < -0.4 is 15.1 Å². The summed E-state index contributed by atoms with van der Waals surface area (Å²) in [5.74, 6) is 0.497. The van der Waals surface area contributed by atoms with E-state index in [9.17, 15) is 0 Å². The van der Waals surface area contributed by atoms with E-state index in [-0.39, 0.29) is 0 Å². The van der Waals surface area contributed by atoms with Crippen LogP contribution in [0.2, 0.25) is 0 Å². The van der Waals surface area contributed by atoms with E-state index in [2.05, 4.69) is 56.4 Å². The van der Waals surface area contributed by atoms with Crippen molar-refractivity contribution in [3.63, 3.8) is 0 Å². The lowest BCUT2D eigenvalue weighted by Gasteiger charge is -2.36. The van der Waals surface area contributed by atoms with Gasteiger partial charge in [-0.3, -0.25) is 4.68 Å². The first-order valence-corrected chi connectivity index (χ1v) is 9.81. The highest BCUT2D eigenvalue weighted by Gasteiger charge is 2.25. The van der Waals surface area contributed by atoms with Gasteiger partial charge in [0, 0.05) is 58.2 Å². The molecule has 2 aromatic heterocycles. The van der Waals surface area contributed by atoms with Gasteiger partial charge in [-0.2, -0.15) is 5.10 Å². The fourth-order valence-corrected chi connectivity index (χ4v) is 4.50. The van der Waals surface area contributed by atoms with E-state index in [4.69, 9.17) is 0 Å². The predicted octanol–water partition coefficient (Wildman–Crippen LogP) is 2.50. The van der Waals surface area contributed by atoms with Gasteiger partial charge in [0.15, 0.2) is 5.65 Å². The van der Waals surface area contributed by atoms with Gasteiger partial charge in [0.1, 0.15) is 0 Å². The Kier molecular flexibility index (Phi) is 4.01. The van der Waals surface area contributed by atoms with Gasteiger partial charge in [-0.1, -0.05) is 13.0 Å². The molecule has 5 rings (SSSR count). The number of nitrogens with one attached hydrogen (secondary N) is 1. The molecule has 2 aliphatic rings. The molecular weight excluding hydrogens is 336 g/mol. The summed E-state index contributed by atoms with van der Waals surface area (Å²) < 4.78 is 1.85. The lowest BCUT2D eigenvalue weighted by Crippen LogP contribution is -2.43. The van der Waals surface area contributed by atoms with Gasteiger partial charge >= 0.3 is 0 Å². The number of hydrogen-bond acceptors (Lipinski definition) is 5. The maximum Gasteiger partial charge on any atom is 0.159 e. The molecule has 4 heterocycles. The van der Waals surface area contributed by atoms with Crippen LogP contribution in [0.5, 0.6) is 0 Å². The summed E-state index contributed by atoms with van der Waals surface area (Å²) in [6.45, 7) is 8.63. The maximum absolute atomic E-state index is 4.49. The number of aromatic nitrogens is 3. The number of pyridine rings is 1. The van der Waals surface area contributed by atoms with E-state index in [1.54, 1.807) is 0 Å². The summed E-state index contributed by atoms with van der Waals surface area (Å²) in [6.07, 6.45) is 3.83. The van der Waals surface area contributed by atoms with Crippen molar-refractivity contribution in [3.8, 4) is 0 Å². The standard InChI is InChI=1S/C21H26N6/c1-15-13-27(20-5-6-23-21-19(20)12-24-25(21)2)14-16-3-4-17(11-18(15)16)26-9-7-22-8-10-26/h3-6,11-12,15,22H,7-10,13-14H2,1-2H3/t15-/m0/s1. The zero-order chi connectivity index (χ0) is 18.4. The first kappa shape index (κ1) is 16.6. The Hall–Kier alpha value is -2.60. The summed E-state index contributed by atoms with van der Waals surface area (Å²) in [6, 6.07) is 9.18. The summed E-state index contributed by atoms with van der Waals surface area (Å²) >= 11 is 0. The van der Waals surface area contributed by atoms with Crippen molar-refractivity contribution < 1.29 is 0 Å². The molecule has 140 valence electrons. The van der Waals surface area contributed by atoms with Crippen molar-refractivity contribution >= 4 is 22.4 Å². The molecule has 0 aliphatic carbocycles. The SMILES string of the molecule is C[C@H]1CN(c2ccnc3c2cnn3C)Cc2ccc(N3CCNCC3)cc21. The Labute approximate surface area is 159 Å². The number of rotatable bonds is 2. The van der Waals surface area contributed by atoms with Crippen molar-refractivity contribution in [2.75, 3.05) is 42.5 Å². The molecule has 3 aromatic rings. The monoisotopic (exact) mass is 362 g/mol. The Morgan fingerprint density at radius 2 is 1.96 bits per heavy atom. The van der Waals surface area contributed by atoms with Crippen molar-refractivity contribution in [1.29, 1.82) is 0 Å². The first-order valence-electron chi connectivity index (χ1n) is 9.81. The number of aryl methyl sites for hydroxylation is 1. The van der Waals surface area contributed by atoms with Gasteiger partial charge in [0.05, 0.1) is 17.3 Å². The second kappa shape index (κ2) is 6.53. The minimum atomic E-state index is 0.497. The van der Waals surface area contributed by atoms with Crippen molar-refractivity contribution in [3.05, 3.63) is 47.8 Å². The first-order chi connectivity index (χ1) is 13.2. The summed E-state index contributed by atoms with van der Waals surface area (Å²) in [5.41, 5.74) is 6.48. The largest absolute Gasteiger partial charge is 0.369 e. The topological polar surface area (TPSA) is 49.2 Å². The van der Waals surface area contributed by atoms with Crippen molar-refractivity contribution in [2.45, 2.75) is 19.4 Å². The number of piperazine rings is 1. The summed E-state index contributed by atoms with van der Waals surface area (Å²) in [7, 11) is 1.95. The zero-order valence-electron chi connectivity index (χ0n) is 16.0. The summed E-state index contributed by atoms with van der Waals surface area (Å²) in [4.78, 5) is 9.46. The van der Waals surface area contributed by atoms with E-state index in [1.807, 2.05) is 24.1 Å². The third-order valence-electron chi connectivity index (χ3n) is 5.95. The molecule has 1 aromatic carbocycles. The van der Waals surface area contributed by atoms with Gasteiger partial charge in [0.25, 0.3) is 0 Å². The van der Waals surface area contributed by atoms with E-state index >= 15 is 0 Å². The highest BCUT2D eigenvalue weighted by atomic mass is 15.3. The molecular formula is C21H26N6. The van der Waals surface area contributed by atoms with Crippen molar-refractivity contribution in [1.82, 2.24) is 20.1 Å². The van der Waals surface area contributed by atoms with Gasteiger partial charge in [-0.05, 0) is 35.2 Å². The molecule has 0 saturated carbocycles. The van der Waals surface area contributed by atoms with Crippen LogP contribution in [0, 0.1) is 0 Å². The number of fused-ring (bicyclic) bond motifs is 2. The molecule has 1 saturated heterocycles. The highest BCUT2D eigenvalue weighted by Crippen LogP contribution is 2.36. The molecule has 0 unspecified atom stereocenters. The number of benzene rings is 1. The maximum atomic E-state index is 4.49. The van der Waals surface area contributed by atoms with E-state index in [0.717, 1.165) is 50.3 Å². The molecule has 0 spiro atoms. The second-order valence-corrected chi connectivity index (χ2v) is 7.74. The quantitative estimate of drug-likeness (QED) is 0.759. The van der Waals surface area contributed by atoms with Gasteiger partial charge in [-0.25, -0.2) is 4.98 Å². The number of hydrogen-bond donors (Lipinski definition) is 1. The Morgan fingerprint density at radius 3 is 2.81 bits per heavy atom. The van der Waals surface area contributed by atoms with Gasteiger partial charge < -0.3 is 15.1 Å². The molecule has 1 N–H and O–H groups in total. The Bertz CT molecular complexity index is 972. The van der Waals surface area contributed by atoms with Crippen molar-refractivity contribution in [2.24, 2.45) is 7.05 Å². The molecule has 6 nitrogen and oxygen atoms in total. The fourth-order valence-electron chi connectivity index (χ4n) is 4.50. The minimum absolute atomic E-state index is 0.497. The average Bonchev–Trinajstić information content (AvgIpc) is 3.09. The average molecular weight is 362 g/mol. The lowest BCUT2D eigenvalue weighted by molar-refractivity contribution is 0.587. The molecule has 0 bridgehead atoms. The Morgan fingerprint density at radius 1 is 1.11 bits per heavy atom. The number of nitrogens with zero attached hydrogens (tertiary/aromatic N) is 5. The fraction of sp³-hybridized carbons (Fsp3) is 0.429. The van der Waals surface area contributed by atoms with Crippen LogP contribution in [0.25, 0.3) is 11.0 Å². The van der Waals surface area contributed by atoms with Crippen LogP contribution in [0.15, 0.2) is 36.7 Å². The highest BCUT2D eigenvalue weighted by molar-refractivity contribution is 5.89. The molecule has 0 radical (unpaired) electrons. The lowest BCUT2D eigenvalue weighted by atomic mass is 9.90. The molecule has 6 heteroatoms.